The first kappa shape index (κ1) is 21.6. The zero-order chi connectivity index (χ0) is 22.0. The van der Waals surface area contributed by atoms with Gasteiger partial charge in [0.1, 0.15) is 0 Å². The molecule has 0 amide bonds. The fraction of sp³-hybridized carbons (Fsp3) is 0.522. The topological polar surface area (TPSA) is 75.3 Å². The molecule has 33 heavy (non-hydrogen) atoms. The van der Waals surface area contributed by atoms with E-state index in [9.17, 15) is 0 Å². The minimum Gasteiger partial charge on any atom is -0.379 e. The summed E-state index contributed by atoms with van der Waals surface area (Å²) in [6.45, 7) is 6.00. The summed E-state index contributed by atoms with van der Waals surface area (Å²) >= 11 is 1.75. The van der Waals surface area contributed by atoms with Gasteiger partial charge in [0.05, 0.1) is 29.8 Å². The van der Waals surface area contributed by atoms with Gasteiger partial charge in [-0.1, -0.05) is 18.6 Å². The summed E-state index contributed by atoms with van der Waals surface area (Å²) in [5.41, 5.74) is 1.86. The van der Waals surface area contributed by atoms with Crippen molar-refractivity contribution in [3.05, 3.63) is 51.8 Å². The summed E-state index contributed by atoms with van der Waals surface area (Å²) in [4.78, 5) is 17.3. The molecule has 176 valence electrons. The number of aromatic amines is 1. The number of rotatable bonds is 5. The van der Waals surface area contributed by atoms with Crippen LogP contribution in [0.25, 0.3) is 10.9 Å². The maximum atomic E-state index is 6.37. The number of hydrogen-bond acceptors (Lipinski definition) is 9. The number of benzene rings is 1. The number of hydrogen-bond donors (Lipinski definition) is 1. The molecule has 3 fully saturated rings. The van der Waals surface area contributed by atoms with E-state index in [1.54, 1.807) is 11.3 Å². The molecule has 0 aliphatic carbocycles. The van der Waals surface area contributed by atoms with Crippen LogP contribution in [-0.2, 0) is 25.7 Å². The molecule has 6 rings (SSSR count). The van der Waals surface area contributed by atoms with Gasteiger partial charge in [-0.25, -0.2) is 9.68 Å². The largest absolute Gasteiger partial charge is 0.379 e. The van der Waals surface area contributed by atoms with Crippen LogP contribution < -0.4 is 0 Å². The van der Waals surface area contributed by atoms with Gasteiger partial charge in [-0.2, -0.15) is 10.1 Å². The molecule has 2 atom stereocenters. The molecule has 1 aromatic carbocycles. The van der Waals surface area contributed by atoms with Crippen LogP contribution in [0, 0.1) is 0 Å². The molecule has 2 unspecified atom stereocenters. The minimum atomic E-state index is -0.625. The number of nitrogens with one attached hydrogen (secondary N) is 1. The molecule has 3 aromatic rings. The highest BCUT2D eigenvalue weighted by molar-refractivity contribution is 7.12. The maximum Gasteiger partial charge on any atom is 0.219 e. The SMILES string of the molecule is c1cc(C2OC(c3ccc(CN4CCCCC4)s3)ON(N3CCOCC3)O2)c2cn[nH]c2c1. The quantitative estimate of drug-likeness (QED) is 0.603. The van der Waals surface area contributed by atoms with Crippen LogP contribution >= 0.6 is 11.3 Å². The van der Waals surface area contributed by atoms with Gasteiger partial charge < -0.3 is 9.47 Å². The highest BCUT2D eigenvalue weighted by Crippen LogP contribution is 2.40. The molecule has 0 spiro atoms. The first-order valence-electron chi connectivity index (χ1n) is 11.7. The van der Waals surface area contributed by atoms with E-state index in [2.05, 4.69) is 27.2 Å². The van der Waals surface area contributed by atoms with E-state index in [1.807, 2.05) is 29.4 Å². The second kappa shape index (κ2) is 9.77. The summed E-state index contributed by atoms with van der Waals surface area (Å²) in [6, 6.07) is 10.3. The van der Waals surface area contributed by atoms with Gasteiger partial charge in [0.2, 0.25) is 12.6 Å². The molecule has 3 saturated heterocycles. The van der Waals surface area contributed by atoms with Gasteiger partial charge >= 0.3 is 0 Å². The van der Waals surface area contributed by atoms with Crippen LogP contribution in [-0.4, -0.2) is 64.8 Å². The predicted molar refractivity (Wildman–Crippen MR) is 123 cm³/mol. The molecule has 0 saturated carbocycles. The van der Waals surface area contributed by atoms with E-state index in [0.717, 1.165) is 27.9 Å². The lowest BCUT2D eigenvalue weighted by atomic mass is 10.1. The van der Waals surface area contributed by atoms with Gasteiger partial charge in [0.25, 0.3) is 0 Å². The summed E-state index contributed by atoms with van der Waals surface area (Å²) in [5.74, 6) is 0. The second-order valence-electron chi connectivity index (χ2n) is 8.63. The van der Waals surface area contributed by atoms with Crippen molar-refractivity contribution in [3.8, 4) is 0 Å². The lowest BCUT2D eigenvalue weighted by molar-refractivity contribution is -0.584. The number of morpholine rings is 1. The Kier molecular flexibility index (Phi) is 6.40. The number of fused-ring (bicyclic) bond motifs is 1. The van der Waals surface area contributed by atoms with Crippen LogP contribution in [0.15, 0.2) is 36.5 Å². The van der Waals surface area contributed by atoms with Crippen molar-refractivity contribution >= 4 is 22.2 Å². The van der Waals surface area contributed by atoms with Gasteiger partial charge in [0, 0.05) is 40.8 Å². The number of nitrogens with zero attached hydrogens (tertiary/aromatic N) is 4. The average Bonchev–Trinajstić information content (AvgIpc) is 3.55. The first-order chi connectivity index (χ1) is 16.3. The van der Waals surface area contributed by atoms with Crippen LogP contribution in [0.4, 0.5) is 0 Å². The third-order valence-electron chi connectivity index (χ3n) is 6.35. The molecule has 3 aliphatic heterocycles. The van der Waals surface area contributed by atoms with Gasteiger partial charge in [-0.05, 0) is 44.1 Å². The first-order valence-corrected chi connectivity index (χ1v) is 12.5. The molecule has 3 aliphatic rings. The lowest BCUT2D eigenvalue weighted by Gasteiger charge is -2.42. The Morgan fingerprint density at radius 2 is 1.82 bits per heavy atom. The Morgan fingerprint density at radius 3 is 2.70 bits per heavy atom. The van der Waals surface area contributed by atoms with Gasteiger partial charge in [-0.3, -0.25) is 10.00 Å². The van der Waals surface area contributed by atoms with Crippen LogP contribution in [0.2, 0.25) is 0 Å². The maximum absolute atomic E-state index is 6.37. The van der Waals surface area contributed by atoms with Crippen LogP contribution in [0.5, 0.6) is 0 Å². The zero-order valence-corrected chi connectivity index (χ0v) is 19.3. The van der Waals surface area contributed by atoms with E-state index in [-0.39, 0.29) is 0 Å². The second-order valence-corrected chi connectivity index (χ2v) is 9.83. The minimum absolute atomic E-state index is 0.561. The van der Waals surface area contributed by atoms with E-state index >= 15 is 0 Å². The molecule has 9 nitrogen and oxygen atoms in total. The number of H-pyrrole nitrogens is 1. The van der Waals surface area contributed by atoms with Crippen molar-refractivity contribution in [1.82, 2.24) is 25.4 Å². The van der Waals surface area contributed by atoms with Crippen molar-refractivity contribution in [2.45, 2.75) is 38.4 Å². The molecule has 5 heterocycles. The average molecular weight is 472 g/mol. The predicted octanol–water partition coefficient (Wildman–Crippen LogP) is 3.75. The number of piperidine rings is 1. The molecular formula is C23H29N5O4S. The summed E-state index contributed by atoms with van der Waals surface area (Å²) in [5, 5.41) is 11.7. The smallest absolute Gasteiger partial charge is 0.219 e. The summed E-state index contributed by atoms with van der Waals surface area (Å²) < 4.78 is 11.9. The van der Waals surface area contributed by atoms with Crippen molar-refractivity contribution in [1.29, 1.82) is 0 Å². The number of ether oxygens (including phenoxy) is 2. The Morgan fingerprint density at radius 1 is 0.970 bits per heavy atom. The standard InChI is InChI=1S/C23H29N5O4S/c1-2-9-26(10-3-1)16-17-7-8-21(33-17)23-30-22(18-5-4-6-20-19(18)15-24-25-20)31-28(32-23)27-11-13-29-14-12-27/h4-8,15,22-23H,1-3,9-14,16H2,(H,24,25). The van der Waals surface area contributed by atoms with E-state index < -0.39 is 12.6 Å². The van der Waals surface area contributed by atoms with Crippen molar-refractivity contribution in [2.75, 3.05) is 39.4 Å². The molecule has 0 bridgehead atoms. The highest BCUT2D eigenvalue weighted by atomic mass is 32.1. The molecule has 0 radical (unpaired) electrons. The van der Waals surface area contributed by atoms with Crippen LogP contribution in [0.1, 0.15) is 47.2 Å². The molecule has 2 aromatic heterocycles. The fourth-order valence-electron chi connectivity index (χ4n) is 4.59. The monoisotopic (exact) mass is 471 g/mol. The Hall–Kier alpha value is -1.89. The summed E-state index contributed by atoms with van der Waals surface area (Å²) in [6.07, 6.45) is 4.55. The van der Waals surface area contributed by atoms with E-state index in [4.69, 9.17) is 19.1 Å². The third-order valence-corrected chi connectivity index (χ3v) is 7.44. The van der Waals surface area contributed by atoms with Crippen LogP contribution in [0.3, 0.4) is 0 Å². The van der Waals surface area contributed by atoms with Gasteiger partial charge in [0.15, 0.2) is 0 Å². The van der Waals surface area contributed by atoms with Crippen molar-refractivity contribution in [2.24, 2.45) is 0 Å². The Bertz CT molecular complexity index is 1060. The highest BCUT2D eigenvalue weighted by Gasteiger charge is 2.37. The fourth-order valence-corrected chi connectivity index (χ4v) is 5.61. The molecule has 1 N–H and O–H groups in total. The van der Waals surface area contributed by atoms with E-state index in [1.165, 1.54) is 42.6 Å². The normalized spacial score (nSPS) is 26.2. The molecule has 10 heteroatoms. The lowest BCUT2D eigenvalue weighted by Crippen LogP contribution is -2.51. The number of aromatic nitrogens is 2. The number of likely N-dealkylation sites (tertiary alicyclic amines) is 1. The number of thiophene rings is 1. The molecular weight excluding hydrogens is 442 g/mol. The third kappa shape index (κ3) is 4.71. The van der Waals surface area contributed by atoms with Crippen molar-refractivity contribution in [3.63, 3.8) is 0 Å². The Balaban J connectivity index is 1.25. The summed E-state index contributed by atoms with van der Waals surface area (Å²) in [7, 11) is 0. The number of hydrazine groups is 1. The van der Waals surface area contributed by atoms with Gasteiger partial charge in [-0.15, -0.1) is 11.3 Å². The van der Waals surface area contributed by atoms with E-state index in [0.29, 0.717) is 26.3 Å². The van der Waals surface area contributed by atoms with Crippen molar-refractivity contribution < 1.29 is 19.1 Å². The Labute approximate surface area is 196 Å². The zero-order valence-electron chi connectivity index (χ0n) is 18.5.